The number of rotatable bonds is 5. The second kappa shape index (κ2) is 7.94. The predicted molar refractivity (Wildman–Crippen MR) is 97.9 cm³/mol. The summed E-state index contributed by atoms with van der Waals surface area (Å²) in [6.45, 7) is 5.02. The molecule has 128 valence electrons. The van der Waals surface area contributed by atoms with Gasteiger partial charge in [0, 0.05) is 31.1 Å². The van der Waals surface area contributed by atoms with E-state index in [0.29, 0.717) is 6.54 Å². The van der Waals surface area contributed by atoms with Crippen LogP contribution >= 0.6 is 22.9 Å². The Morgan fingerprint density at radius 1 is 1.21 bits per heavy atom. The highest BCUT2D eigenvalue weighted by Crippen LogP contribution is 2.24. The molecule has 0 aliphatic carbocycles. The van der Waals surface area contributed by atoms with E-state index in [0.717, 1.165) is 59.6 Å². The Bertz CT molecular complexity index is 688. The van der Waals surface area contributed by atoms with Gasteiger partial charge in [-0.15, -0.1) is 10.2 Å². The van der Waals surface area contributed by atoms with Gasteiger partial charge in [0.2, 0.25) is 11.0 Å². The standard InChI is InChI=1S/C17H21ClN4OS/c1-2-8-21-9-3-10-22(12-16(21)23)17-20-19-15(24-17)11-13-4-6-14(18)7-5-13/h4-7H,2-3,8-12H2,1H3. The molecule has 5 nitrogen and oxygen atoms in total. The third-order valence-electron chi connectivity index (χ3n) is 4.02. The van der Waals surface area contributed by atoms with Gasteiger partial charge in [0.1, 0.15) is 5.01 Å². The molecule has 24 heavy (non-hydrogen) atoms. The second-order valence-corrected chi connectivity index (χ2v) is 7.41. The topological polar surface area (TPSA) is 49.3 Å². The van der Waals surface area contributed by atoms with E-state index in [2.05, 4.69) is 22.0 Å². The van der Waals surface area contributed by atoms with Gasteiger partial charge in [-0.05, 0) is 30.5 Å². The number of amides is 1. The van der Waals surface area contributed by atoms with Crippen LogP contribution in [0.4, 0.5) is 5.13 Å². The first-order valence-corrected chi connectivity index (χ1v) is 9.44. The van der Waals surface area contributed by atoms with Gasteiger partial charge in [-0.2, -0.15) is 0 Å². The number of carbonyl (C=O) groups excluding carboxylic acids is 1. The normalized spacial score (nSPS) is 15.7. The Kier molecular flexibility index (Phi) is 5.68. The van der Waals surface area contributed by atoms with Crippen molar-refractivity contribution in [2.75, 3.05) is 31.1 Å². The summed E-state index contributed by atoms with van der Waals surface area (Å²) in [5.74, 6) is 0.184. The van der Waals surface area contributed by atoms with Crippen molar-refractivity contribution in [2.24, 2.45) is 0 Å². The SMILES string of the molecule is CCCN1CCCN(c2nnc(Cc3ccc(Cl)cc3)s2)CC1=O. The molecule has 2 aromatic rings. The van der Waals surface area contributed by atoms with E-state index in [-0.39, 0.29) is 5.91 Å². The van der Waals surface area contributed by atoms with Crippen LogP contribution in [-0.2, 0) is 11.2 Å². The predicted octanol–water partition coefficient (Wildman–Crippen LogP) is 3.23. The molecule has 1 amide bonds. The number of carbonyl (C=O) groups is 1. The molecule has 1 saturated heterocycles. The van der Waals surface area contributed by atoms with Gasteiger partial charge >= 0.3 is 0 Å². The fourth-order valence-corrected chi connectivity index (χ4v) is 3.83. The van der Waals surface area contributed by atoms with Crippen LogP contribution in [0.2, 0.25) is 5.02 Å². The van der Waals surface area contributed by atoms with E-state index in [1.807, 2.05) is 29.2 Å². The lowest BCUT2D eigenvalue weighted by atomic mass is 10.2. The number of halogens is 1. The minimum absolute atomic E-state index is 0.184. The van der Waals surface area contributed by atoms with Crippen molar-refractivity contribution < 1.29 is 4.79 Å². The van der Waals surface area contributed by atoms with Crippen LogP contribution in [0.1, 0.15) is 30.3 Å². The Morgan fingerprint density at radius 2 is 2.00 bits per heavy atom. The molecule has 0 atom stereocenters. The zero-order valence-corrected chi connectivity index (χ0v) is 15.3. The zero-order valence-electron chi connectivity index (χ0n) is 13.7. The summed E-state index contributed by atoms with van der Waals surface area (Å²) < 4.78 is 0. The summed E-state index contributed by atoms with van der Waals surface area (Å²) >= 11 is 7.48. The van der Waals surface area contributed by atoms with E-state index in [1.54, 1.807) is 11.3 Å². The van der Waals surface area contributed by atoms with Crippen LogP contribution in [0.3, 0.4) is 0 Å². The van der Waals surface area contributed by atoms with Crippen molar-refractivity contribution in [3.8, 4) is 0 Å². The molecular weight excluding hydrogens is 344 g/mol. The average molecular weight is 365 g/mol. The molecule has 1 aliphatic rings. The highest BCUT2D eigenvalue weighted by molar-refractivity contribution is 7.15. The second-order valence-electron chi connectivity index (χ2n) is 5.94. The molecule has 2 heterocycles. The van der Waals surface area contributed by atoms with Gasteiger partial charge in [0.15, 0.2) is 0 Å². The molecule has 0 radical (unpaired) electrons. The summed E-state index contributed by atoms with van der Waals surface area (Å²) in [4.78, 5) is 16.4. The van der Waals surface area contributed by atoms with Crippen molar-refractivity contribution in [1.82, 2.24) is 15.1 Å². The zero-order chi connectivity index (χ0) is 16.9. The maximum absolute atomic E-state index is 12.3. The molecular formula is C17H21ClN4OS. The molecule has 1 fully saturated rings. The molecule has 0 saturated carbocycles. The first kappa shape index (κ1) is 17.2. The van der Waals surface area contributed by atoms with Crippen molar-refractivity contribution in [2.45, 2.75) is 26.2 Å². The molecule has 7 heteroatoms. The van der Waals surface area contributed by atoms with E-state index in [1.165, 1.54) is 0 Å². The van der Waals surface area contributed by atoms with Gasteiger partial charge in [-0.3, -0.25) is 4.79 Å². The number of benzene rings is 1. The third-order valence-corrected chi connectivity index (χ3v) is 5.26. The van der Waals surface area contributed by atoms with Crippen LogP contribution in [0, 0.1) is 0 Å². The molecule has 0 spiro atoms. The molecule has 0 bridgehead atoms. The fraction of sp³-hybridized carbons (Fsp3) is 0.471. The summed E-state index contributed by atoms with van der Waals surface area (Å²) in [5, 5.41) is 11.1. The lowest BCUT2D eigenvalue weighted by Gasteiger charge is -2.20. The van der Waals surface area contributed by atoms with Crippen LogP contribution in [0.15, 0.2) is 24.3 Å². The number of aromatic nitrogens is 2. The van der Waals surface area contributed by atoms with Crippen molar-refractivity contribution in [3.63, 3.8) is 0 Å². The minimum Gasteiger partial charge on any atom is -0.341 e. The maximum Gasteiger partial charge on any atom is 0.242 e. The van der Waals surface area contributed by atoms with Crippen molar-refractivity contribution in [1.29, 1.82) is 0 Å². The maximum atomic E-state index is 12.3. The monoisotopic (exact) mass is 364 g/mol. The molecule has 1 aliphatic heterocycles. The third kappa shape index (κ3) is 4.24. The minimum atomic E-state index is 0.184. The number of anilines is 1. The number of hydrogen-bond acceptors (Lipinski definition) is 5. The first-order chi connectivity index (χ1) is 11.7. The molecule has 0 N–H and O–H groups in total. The lowest BCUT2D eigenvalue weighted by molar-refractivity contribution is -0.129. The molecule has 0 unspecified atom stereocenters. The fourth-order valence-electron chi connectivity index (χ4n) is 2.81. The van der Waals surface area contributed by atoms with Crippen LogP contribution in [-0.4, -0.2) is 47.2 Å². The molecule has 1 aromatic carbocycles. The van der Waals surface area contributed by atoms with E-state index >= 15 is 0 Å². The Hall–Kier alpha value is -1.66. The Morgan fingerprint density at radius 3 is 2.75 bits per heavy atom. The van der Waals surface area contributed by atoms with Crippen LogP contribution in [0.25, 0.3) is 0 Å². The summed E-state index contributed by atoms with van der Waals surface area (Å²) in [6.07, 6.45) is 2.70. The average Bonchev–Trinajstić information content (AvgIpc) is 2.95. The summed E-state index contributed by atoms with van der Waals surface area (Å²) in [7, 11) is 0. The lowest BCUT2D eigenvalue weighted by Crippen LogP contribution is -2.37. The number of nitrogens with zero attached hydrogens (tertiary/aromatic N) is 4. The Labute approximate surface area is 151 Å². The van der Waals surface area contributed by atoms with Gasteiger partial charge in [0.25, 0.3) is 0 Å². The summed E-state index contributed by atoms with van der Waals surface area (Å²) in [5.41, 5.74) is 1.16. The van der Waals surface area contributed by atoms with E-state index in [4.69, 9.17) is 11.6 Å². The number of hydrogen-bond donors (Lipinski definition) is 0. The molecule has 3 rings (SSSR count). The summed E-state index contributed by atoms with van der Waals surface area (Å²) in [6, 6.07) is 7.77. The van der Waals surface area contributed by atoms with Crippen LogP contribution < -0.4 is 4.90 Å². The van der Waals surface area contributed by atoms with Crippen molar-refractivity contribution in [3.05, 3.63) is 39.9 Å². The smallest absolute Gasteiger partial charge is 0.242 e. The van der Waals surface area contributed by atoms with Gasteiger partial charge < -0.3 is 9.80 Å². The molecule has 1 aromatic heterocycles. The van der Waals surface area contributed by atoms with E-state index < -0.39 is 0 Å². The van der Waals surface area contributed by atoms with Crippen molar-refractivity contribution >= 4 is 34.0 Å². The highest BCUT2D eigenvalue weighted by atomic mass is 35.5. The highest BCUT2D eigenvalue weighted by Gasteiger charge is 2.23. The quantitative estimate of drug-likeness (QED) is 0.817. The van der Waals surface area contributed by atoms with Gasteiger partial charge in [-0.1, -0.05) is 42.0 Å². The van der Waals surface area contributed by atoms with E-state index in [9.17, 15) is 4.79 Å². The van der Waals surface area contributed by atoms with Crippen LogP contribution in [0.5, 0.6) is 0 Å². The van der Waals surface area contributed by atoms with Gasteiger partial charge in [0.05, 0.1) is 6.54 Å². The first-order valence-electron chi connectivity index (χ1n) is 8.25. The van der Waals surface area contributed by atoms with Gasteiger partial charge in [-0.25, -0.2) is 0 Å². The Balaban J connectivity index is 1.66. The largest absolute Gasteiger partial charge is 0.341 e.